The third-order valence-electron chi connectivity index (χ3n) is 1.77. The molecular formula is C9H8N2O5. The highest BCUT2D eigenvalue weighted by Gasteiger charge is 2.21. The van der Waals surface area contributed by atoms with Gasteiger partial charge in [-0.15, -0.1) is 0 Å². The summed E-state index contributed by atoms with van der Waals surface area (Å²) in [6.07, 6.45) is 0. The summed E-state index contributed by atoms with van der Waals surface area (Å²) in [6, 6.07) is 3.55. The summed E-state index contributed by atoms with van der Waals surface area (Å²) in [5, 5.41) is 21.6. The Balaban J connectivity index is 3.40. The van der Waals surface area contributed by atoms with Crippen molar-refractivity contribution < 1.29 is 19.6 Å². The van der Waals surface area contributed by atoms with E-state index in [4.69, 9.17) is 5.11 Å². The van der Waals surface area contributed by atoms with E-state index in [0.29, 0.717) is 0 Å². The van der Waals surface area contributed by atoms with E-state index in [9.17, 15) is 19.7 Å². The minimum Gasteiger partial charge on any atom is -0.478 e. The van der Waals surface area contributed by atoms with Crippen LogP contribution >= 0.6 is 0 Å². The van der Waals surface area contributed by atoms with Gasteiger partial charge in [-0.2, -0.15) is 0 Å². The van der Waals surface area contributed by atoms with Gasteiger partial charge in [0.25, 0.3) is 5.69 Å². The number of amides is 1. The van der Waals surface area contributed by atoms with Crippen LogP contribution in [0.4, 0.5) is 11.4 Å². The van der Waals surface area contributed by atoms with Crippen LogP contribution in [0.5, 0.6) is 0 Å². The van der Waals surface area contributed by atoms with Crippen molar-refractivity contribution in [2.45, 2.75) is 6.92 Å². The molecule has 1 rings (SSSR count). The molecule has 2 N–H and O–H groups in total. The van der Waals surface area contributed by atoms with Gasteiger partial charge in [0.15, 0.2) is 0 Å². The zero-order chi connectivity index (χ0) is 12.3. The topological polar surface area (TPSA) is 110 Å². The lowest BCUT2D eigenvalue weighted by molar-refractivity contribution is -0.384. The number of nitro benzene ring substituents is 1. The maximum atomic E-state index is 10.8. The van der Waals surface area contributed by atoms with E-state index in [1.165, 1.54) is 12.1 Å². The predicted octanol–water partition coefficient (Wildman–Crippen LogP) is 1.25. The van der Waals surface area contributed by atoms with E-state index < -0.39 is 22.5 Å². The lowest BCUT2D eigenvalue weighted by Gasteiger charge is -2.06. The molecule has 1 aromatic rings. The van der Waals surface area contributed by atoms with Crippen LogP contribution in [0.3, 0.4) is 0 Å². The normalized spacial score (nSPS) is 9.56. The highest BCUT2D eigenvalue weighted by Crippen LogP contribution is 2.28. The van der Waals surface area contributed by atoms with Crippen LogP contribution in [0.1, 0.15) is 17.3 Å². The molecule has 0 saturated heterocycles. The minimum atomic E-state index is -1.34. The Morgan fingerprint density at radius 1 is 1.44 bits per heavy atom. The molecule has 84 valence electrons. The SMILES string of the molecule is CC(=O)Nc1c(C(=O)O)cccc1[N+](=O)[O-]. The van der Waals surface area contributed by atoms with E-state index in [0.717, 1.165) is 13.0 Å². The number of nitro groups is 1. The quantitative estimate of drug-likeness (QED) is 0.593. The third-order valence-corrected chi connectivity index (χ3v) is 1.77. The van der Waals surface area contributed by atoms with Crippen molar-refractivity contribution in [1.29, 1.82) is 0 Å². The van der Waals surface area contributed by atoms with Crippen molar-refractivity contribution in [2.24, 2.45) is 0 Å². The van der Waals surface area contributed by atoms with Crippen molar-refractivity contribution in [3.63, 3.8) is 0 Å². The molecule has 1 aromatic carbocycles. The van der Waals surface area contributed by atoms with Gasteiger partial charge in [-0.05, 0) is 6.07 Å². The number of anilines is 1. The molecule has 0 aliphatic heterocycles. The number of carboxylic acid groups (broad SMARTS) is 1. The van der Waals surface area contributed by atoms with Crippen LogP contribution in [0.15, 0.2) is 18.2 Å². The van der Waals surface area contributed by atoms with Gasteiger partial charge in [0, 0.05) is 13.0 Å². The number of hydrogen-bond donors (Lipinski definition) is 2. The number of hydrogen-bond acceptors (Lipinski definition) is 4. The van der Waals surface area contributed by atoms with Gasteiger partial charge in [0.1, 0.15) is 5.69 Å². The van der Waals surface area contributed by atoms with Crippen molar-refractivity contribution in [3.8, 4) is 0 Å². The van der Waals surface area contributed by atoms with Crippen molar-refractivity contribution >= 4 is 23.3 Å². The van der Waals surface area contributed by atoms with Gasteiger partial charge in [0.2, 0.25) is 5.91 Å². The van der Waals surface area contributed by atoms with Crippen LogP contribution in [0.2, 0.25) is 0 Å². The first-order valence-electron chi connectivity index (χ1n) is 4.21. The second kappa shape index (κ2) is 4.39. The number of benzene rings is 1. The molecule has 1 amide bonds. The lowest BCUT2D eigenvalue weighted by atomic mass is 10.1. The molecule has 0 unspecified atom stereocenters. The first-order valence-corrected chi connectivity index (χ1v) is 4.21. The van der Waals surface area contributed by atoms with E-state index >= 15 is 0 Å². The number of nitrogens with one attached hydrogen (secondary N) is 1. The standard InChI is InChI=1S/C9H8N2O5/c1-5(12)10-8-6(9(13)14)3-2-4-7(8)11(15)16/h2-4H,1H3,(H,10,12)(H,13,14). The Morgan fingerprint density at radius 3 is 2.50 bits per heavy atom. The number of carbonyl (C=O) groups excluding carboxylic acids is 1. The zero-order valence-electron chi connectivity index (χ0n) is 8.26. The molecule has 0 saturated carbocycles. The predicted molar refractivity (Wildman–Crippen MR) is 54.4 cm³/mol. The van der Waals surface area contributed by atoms with Crippen LogP contribution < -0.4 is 5.32 Å². The number of rotatable bonds is 3. The molecule has 0 aliphatic rings. The van der Waals surface area contributed by atoms with Crippen LogP contribution in [-0.4, -0.2) is 21.9 Å². The zero-order valence-corrected chi connectivity index (χ0v) is 8.26. The largest absolute Gasteiger partial charge is 0.478 e. The molecule has 0 radical (unpaired) electrons. The first kappa shape index (κ1) is 11.6. The fourth-order valence-electron chi connectivity index (χ4n) is 1.18. The Kier molecular flexibility index (Phi) is 3.19. The van der Waals surface area contributed by atoms with E-state index in [1.807, 2.05) is 0 Å². The maximum Gasteiger partial charge on any atom is 0.338 e. The number of nitrogens with zero attached hydrogens (tertiary/aromatic N) is 1. The molecule has 0 aliphatic carbocycles. The van der Waals surface area contributed by atoms with Crippen molar-refractivity contribution in [1.82, 2.24) is 0 Å². The average Bonchev–Trinajstić information content (AvgIpc) is 2.16. The number of carboxylic acids is 1. The lowest BCUT2D eigenvalue weighted by Crippen LogP contribution is -2.12. The molecular weight excluding hydrogens is 216 g/mol. The highest BCUT2D eigenvalue weighted by molar-refractivity contribution is 6.02. The second-order valence-corrected chi connectivity index (χ2v) is 2.94. The first-order chi connectivity index (χ1) is 7.43. The Morgan fingerprint density at radius 2 is 2.06 bits per heavy atom. The van der Waals surface area contributed by atoms with Crippen LogP contribution in [-0.2, 0) is 4.79 Å². The Bertz CT molecular complexity index is 437. The third kappa shape index (κ3) is 2.32. The molecule has 0 aromatic heterocycles. The van der Waals surface area contributed by atoms with Gasteiger partial charge >= 0.3 is 5.97 Å². The summed E-state index contributed by atoms with van der Waals surface area (Å²) in [4.78, 5) is 31.5. The average molecular weight is 224 g/mol. The van der Waals surface area contributed by atoms with E-state index in [1.54, 1.807) is 0 Å². The van der Waals surface area contributed by atoms with Gasteiger partial charge in [-0.1, -0.05) is 6.07 Å². The molecule has 0 fully saturated rings. The minimum absolute atomic E-state index is 0.299. The van der Waals surface area contributed by atoms with Gasteiger partial charge in [-0.25, -0.2) is 4.79 Å². The highest BCUT2D eigenvalue weighted by atomic mass is 16.6. The van der Waals surface area contributed by atoms with E-state index in [2.05, 4.69) is 5.32 Å². The summed E-state index contributed by atoms with van der Waals surface area (Å²) in [5.74, 6) is -1.91. The second-order valence-electron chi connectivity index (χ2n) is 2.94. The fourth-order valence-corrected chi connectivity index (χ4v) is 1.18. The summed E-state index contributed by atoms with van der Waals surface area (Å²) >= 11 is 0. The number of aromatic carboxylic acids is 1. The summed E-state index contributed by atoms with van der Waals surface area (Å²) in [6.45, 7) is 1.14. The summed E-state index contributed by atoms with van der Waals surface area (Å²) in [7, 11) is 0. The fraction of sp³-hybridized carbons (Fsp3) is 0.111. The molecule has 0 atom stereocenters. The molecule has 7 nitrogen and oxygen atoms in total. The van der Waals surface area contributed by atoms with Gasteiger partial charge in [-0.3, -0.25) is 14.9 Å². The van der Waals surface area contributed by atoms with Crippen LogP contribution in [0, 0.1) is 10.1 Å². The van der Waals surface area contributed by atoms with Crippen LogP contribution in [0.25, 0.3) is 0 Å². The Labute approximate surface area is 89.8 Å². The van der Waals surface area contributed by atoms with Gasteiger partial charge in [0.05, 0.1) is 10.5 Å². The molecule has 0 heterocycles. The van der Waals surface area contributed by atoms with E-state index in [-0.39, 0.29) is 11.3 Å². The maximum absolute atomic E-state index is 10.8. The molecule has 0 spiro atoms. The summed E-state index contributed by atoms with van der Waals surface area (Å²) in [5.41, 5.74) is -1.06. The summed E-state index contributed by atoms with van der Waals surface area (Å²) < 4.78 is 0. The van der Waals surface area contributed by atoms with Gasteiger partial charge < -0.3 is 10.4 Å². The van der Waals surface area contributed by atoms with Crippen molar-refractivity contribution in [3.05, 3.63) is 33.9 Å². The molecule has 16 heavy (non-hydrogen) atoms. The number of carbonyl (C=O) groups is 2. The monoisotopic (exact) mass is 224 g/mol. The smallest absolute Gasteiger partial charge is 0.338 e. The molecule has 7 heteroatoms. The number of para-hydroxylation sites is 1. The molecule has 0 bridgehead atoms. The van der Waals surface area contributed by atoms with Crippen molar-refractivity contribution in [2.75, 3.05) is 5.32 Å². The Hall–Kier alpha value is -2.44.